The Kier molecular flexibility index (Phi) is 6.21. The molecule has 4 heterocycles. The molecule has 1 fully saturated rings. The first-order valence-corrected chi connectivity index (χ1v) is 11.3. The third-order valence-electron chi connectivity index (χ3n) is 6.16. The minimum atomic E-state index is -0.0238. The molecule has 3 aromatic heterocycles. The van der Waals surface area contributed by atoms with Gasteiger partial charge in [-0.05, 0) is 49.9 Å². The lowest BCUT2D eigenvalue weighted by atomic mass is 9.85. The zero-order chi connectivity index (χ0) is 22.6. The molecule has 0 bridgehead atoms. The number of rotatable bonds is 6. The van der Waals surface area contributed by atoms with Crippen molar-refractivity contribution in [2.24, 2.45) is 5.92 Å². The average molecular weight is 450 g/mol. The Balaban J connectivity index is 1.14. The number of anilines is 1. The highest BCUT2D eigenvalue weighted by atomic mass is 16.6. The van der Waals surface area contributed by atoms with E-state index in [4.69, 9.17) is 14.2 Å². The standard InChI is InChI=1S/C24H27N5O4/c1-31-21-9-7-18-22(29-21)19(10-11-25-18)28-23(30)15-2-4-16(5-3-15)26-14-17-6-8-20-24(27-17)33-13-12-32-20/h6-11,15-16,26H,2-5,12-14H2,1H3,(H,25,28,30)/t15-,16-. The molecular weight excluding hydrogens is 422 g/mol. The van der Waals surface area contributed by atoms with Crippen molar-refractivity contribution in [1.29, 1.82) is 0 Å². The zero-order valence-electron chi connectivity index (χ0n) is 18.5. The molecule has 9 heteroatoms. The van der Waals surface area contributed by atoms with Crippen molar-refractivity contribution in [2.75, 3.05) is 25.6 Å². The summed E-state index contributed by atoms with van der Waals surface area (Å²) in [7, 11) is 1.57. The molecule has 2 aliphatic rings. The van der Waals surface area contributed by atoms with Crippen LogP contribution >= 0.6 is 0 Å². The number of nitrogens with one attached hydrogen (secondary N) is 2. The number of nitrogens with zero attached hydrogens (tertiary/aromatic N) is 3. The van der Waals surface area contributed by atoms with Crippen LogP contribution in [0.3, 0.4) is 0 Å². The Morgan fingerprint density at radius 3 is 2.76 bits per heavy atom. The second kappa shape index (κ2) is 9.58. The van der Waals surface area contributed by atoms with E-state index in [-0.39, 0.29) is 11.8 Å². The predicted molar refractivity (Wildman–Crippen MR) is 123 cm³/mol. The van der Waals surface area contributed by atoms with Gasteiger partial charge in [0, 0.05) is 30.8 Å². The molecule has 2 N–H and O–H groups in total. The Morgan fingerprint density at radius 2 is 1.91 bits per heavy atom. The molecule has 33 heavy (non-hydrogen) atoms. The van der Waals surface area contributed by atoms with Gasteiger partial charge in [-0.15, -0.1) is 0 Å². The van der Waals surface area contributed by atoms with Gasteiger partial charge in [0.2, 0.25) is 11.8 Å². The fourth-order valence-electron chi connectivity index (χ4n) is 4.33. The van der Waals surface area contributed by atoms with Crippen LogP contribution in [0.25, 0.3) is 11.0 Å². The van der Waals surface area contributed by atoms with Crippen LogP contribution in [-0.2, 0) is 11.3 Å². The van der Waals surface area contributed by atoms with Crippen molar-refractivity contribution >= 4 is 22.6 Å². The number of carbonyl (C=O) groups is 1. The summed E-state index contributed by atoms with van der Waals surface area (Å²) in [5, 5.41) is 6.62. The molecule has 1 amide bonds. The highest BCUT2D eigenvalue weighted by molar-refractivity contribution is 6.00. The molecule has 1 aliphatic heterocycles. The van der Waals surface area contributed by atoms with Crippen molar-refractivity contribution in [2.45, 2.75) is 38.3 Å². The van der Waals surface area contributed by atoms with Crippen LogP contribution in [0.15, 0.2) is 36.5 Å². The minimum Gasteiger partial charge on any atom is -0.484 e. The third kappa shape index (κ3) is 4.83. The van der Waals surface area contributed by atoms with Crippen LogP contribution in [-0.4, -0.2) is 47.2 Å². The van der Waals surface area contributed by atoms with E-state index in [1.54, 1.807) is 25.4 Å². The Bertz CT molecular complexity index is 1150. The molecule has 1 saturated carbocycles. The van der Waals surface area contributed by atoms with Crippen LogP contribution < -0.4 is 24.8 Å². The average Bonchev–Trinajstić information content (AvgIpc) is 2.87. The highest BCUT2D eigenvalue weighted by Crippen LogP contribution is 2.29. The quantitative estimate of drug-likeness (QED) is 0.591. The SMILES string of the molecule is COc1ccc2nccc(NC(=O)[C@H]3CC[C@H](NCc4ccc5c(n4)OCCO5)CC3)c2n1. The fourth-order valence-corrected chi connectivity index (χ4v) is 4.33. The number of hydrogen-bond donors (Lipinski definition) is 2. The van der Waals surface area contributed by atoms with E-state index in [1.807, 2.05) is 18.2 Å². The summed E-state index contributed by atoms with van der Waals surface area (Å²) in [6.07, 6.45) is 5.21. The normalized spacial score (nSPS) is 19.8. The van der Waals surface area contributed by atoms with E-state index in [9.17, 15) is 4.79 Å². The molecule has 0 saturated heterocycles. The zero-order valence-corrected chi connectivity index (χ0v) is 18.5. The lowest BCUT2D eigenvalue weighted by Crippen LogP contribution is -2.36. The van der Waals surface area contributed by atoms with Gasteiger partial charge in [0.15, 0.2) is 5.75 Å². The summed E-state index contributed by atoms with van der Waals surface area (Å²) in [5.74, 6) is 1.76. The summed E-state index contributed by atoms with van der Waals surface area (Å²) in [4.78, 5) is 26.2. The first-order valence-electron chi connectivity index (χ1n) is 11.3. The van der Waals surface area contributed by atoms with Crippen LogP contribution in [0.4, 0.5) is 5.69 Å². The molecule has 1 aliphatic carbocycles. The van der Waals surface area contributed by atoms with Gasteiger partial charge >= 0.3 is 0 Å². The Hall–Kier alpha value is -3.46. The number of hydrogen-bond acceptors (Lipinski definition) is 8. The fraction of sp³-hybridized carbons (Fsp3) is 0.417. The van der Waals surface area contributed by atoms with E-state index >= 15 is 0 Å². The summed E-state index contributed by atoms with van der Waals surface area (Å²) in [5.41, 5.74) is 2.93. The molecule has 172 valence electrons. The van der Waals surface area contributed by atoms with E-state index in [1.165, 1.54) is 0 Å². The summed E-state index contributed by atoms with van der Waals surface area (Å²) in [6.45, 7) is 1.75. The first kappa shape index (κ1) is 21.4. The van der Waals surface area contributed by atoms with Crippen molar-refractivity contribution in [3.05, 3.63) is 42.2 Å². The monoisotopic (exact) mass is 449 g/mol. The first-order chi connectivity index (χ1) is 16.2. The van der Waals surface area contributed by atoms with E-state index in [0.717, 1.165) is 31.4 Å². The largest absolute Gasteiger partial charge is 0.484 e. The van der Waals surface area contributed by atoms with Crippen molar-refractivity contribution in [3.63, 3.8) is 0 Å². The number of carbonyl (C=O) groups excluding carboxylic acids is 1. The molecule has 9 nitrogen and oxygen atoms in total. The van der Waals surface area contributed by atoms with E-state index in [2.05, 4.69) is 25.6 Å². The maximum atomic E-state index is 12.9. The molecule has 0 radical (unpaired) electrons. The number of ether oxygens (including phenoxy) is 3. The smallest absolute Gasteiger partial charge is 0.257 e. The lowest BCUT2D eigenvalue weighted by Gasteiger charge is -2.28. The molecule has 0 aromatic carbocycles. The van der Waals surface area contributed by atoms with E-state index < -0.39 is 0 Å². The number of amides is 1. The molecule has 0 atom stereocenters. The van der Waals surface area contributed by atoms with Crippen molar-refractivity contribution in [3.8, 4) is 17.5 Å². The van der Waals surface area contributed by atoms with Gasteiger partial charge < -0.3 is 24.8 Å². The number of aromatic nitrogens is 3. The van der Waals surface area contributed by atoms with Gasteiger partial charge in [-0.25, -0.2) is 9.97 Å². The third-order valence-corrected chi connectivity index (χ3v) is 6.16. The number of pyridine rings is 3. The summed E-state index contributed by atoms with van der Waals surface area (Å²) >= 11 is 0. The van der Waals surface area contributed by atoms with Crippen LogP contribution in [0.5, 0.6) is 17.5 Å². The minimum absolute atomic E-state index is 0.0238. The number of fused-ring (bicyclic) bond motifs is 2. The number of methoxy groups -OCH3 is 1. The van der Waals surface area contributed by atoms with Gasteiger partial charge in [0.25, 0.3) is 5.88 Å². The maximum Gasteiger partial charge on any atom is 0.257 e. The summed E-state index contributed by atoms with van der Waals surface area (Å²) in [6, 6.07) is 9.60. The second-order valence-electron chi connectivity index (χ2n) is 8.30. The van der Waals surface area contributed by atoms with Crippen LogP contribution in [0, 0.1) is 5.92 Å². The lowest BCUT2D eigenvalue weighted by molar-refractivity contribution is -0.120. The summed E-state index contributed by atoms with van der Waals surface area (Å²) < 4.78 is 16.3. The van der Waals surface area contributed by atoms with E-state index in [0.29, 0.717) is 60.0 Å². The highest BCUT2D eigenvalue weighted by Gasteiger charge is 2.27. The van der Waals surface area contributed by atoms with Gasteiger partial charge in [0.05, 0.1) is 24.0 Å². The Morgan fingerprint density at radius 1 is 1.06 bits per heavy atom. The second-order valence-corrected chi connectivity index (χ2v) is 8.30. The molecular formula is C24H27N5O4. The maximum absolute atomic E-state index is 12.9. The van der Waals surface area contributed by atoms with Gasteiger partial charge in [-0.2, -0.15) is 0 Å². The molecule has 3 aromatic rings. The van der Waals surface area contributed by atoms with Crippen LogP contribution in [0.1, 0.15) is 31.4 Å². The van der Waals surface area contributed by atoms with Crippen molar-refractivity contribution in [1.82, 2.24) is 20.3 Å². The topological polar surface area (TPSA) is 107 Å². The molecule has 0 spiro atoms. The van der Waals surface area contributed by atoms with Crippen molar-refractivity contribution < 1.29 is 19.0 Å². The molecule has 0 unspecified atom stereocenters. The van der Waals surface area contributed by atoms with Gasteiger partial charge in [-0.3, -0.25) is 9.78 Å². The predicted octanol–water partition coefficient (Wildman–Crippen LogP) is 3.09. The van der Waals surface area contributed by atoms with Crippen LogP contribution in [0.2, 0.25) is 0 Å². The Labute approximate surface area is 191 Å². The van der Waals surface area contributed by atoms with Gasteiger partial charge in [0.1, 0.15) is 18.7 Å². The van der Waals surface area contributed by atoms with Gasteiger partial charge in [-0.1, -0.05) is 0 Å². The molecule has 5 rings (SSSR count).